The third-order valence-corrected chi connectivity index (χ3v) is 2.76. The Bertz CT molecular complexity index is 549. The molecule has 0 aliphatic heterocycles. The van der Waals surface area contributed by atoms with Crippen LogP contribution in [0.4, 0.5) is 0 Å². The molecule has 25 heavy (non-hydrogen) atoms. The van der Waals surface area contributed by atoms with Crippen LogP contribution in [0.3, 0.4) is 0 Å². The first-order chi connectivity index (χ1) is 11.8. The van der Waals surface area contributed by atoms with E-state index in [1.807, 2.05) is 0 Å². The molecule has 1 N–H and O–H groups in total. The molecule has 0 heterocycles. The third kappa shape index (κ3) is 11.1. The first kappa shape index (κ1) is 20.9. The summed E-state index contributed by atoms with van der Waals surface area (Å²) in [7, 11) is 0. The minimum atomic E-state index is -0.883. The highest BCUT2D eigenvalue weighted by Gasteiger charge is 2.15. The van der Waals surface area contributed by atoms with E-state index in [1.54, 1.807) is 45.0 Å². The van der Waals surface area contributed by atoms with E-state index in [2.05, 4.69) is 0 Å². The molecule has 0 bridgehead atoms. The predicted molar refractivity (Wildman–Crippen MR) is 90.8 cm³/mol. The van der Waals surface area contributed by atoms with Gasteiger partial charge in [0, 0.05) is 0 Å². The van der Waals surface area contributed by atoms with Crippen LogP contribution in [-0.2, 0) is 30.2 Å². The Morgan fingerprint density at radius 1 is 1.04 bits per heavy atom. The molecule has 0 fully saturated rings. The lowest BCUT2D eigenvalue weighted by Crippen LogP contribution is -2.27. The fourth-order valence-corrected chi connectivity index (χ4v) is 1.88. The molecule has 1 aromatic carbocycles. The maximum absolute atomic E-state index is 11.4. The third-order valence-electron chi connectivity index (χ3n) is 2.76. The van der Waals surface area contributed by atoms with E-state index in [-0.39, 0.29) is 19.6 Å². The van der Waals surface area contributed by atoms with Crippen molar-refractivity contribution in [1.82, 2.24) is 0 Å². The molecule has 0 atom stereocenters. The molecule has 0 aromatic heterocycles. The SMILES string of the molecule is CC(C)(C)OC(=O)COCCOCCOc1cccc(CC(=O)O)c1. The molecular weight excluding hydrogens is 328 g/mol. The molecule has 0 aliphatic carbocycles. The number of benzene rings is 1. The summed E-state index contributed by atoms with van der Waals surface area (Å²) < 4.78 is 21.1. The predicted octanol–water partition coefficient (Wildman–Crippen LogP) is 2.07. The van der Waals surface area contributed by atoms with E-state index < -0.39 is 17.5 Å². The highest BCUT2D eigenvalue weighted by molar-refractivity contribution is 5.71. The number of carboxylic acids is 1. The van der Waals surface area contributed by atoms with Gasteiger partial charge in [0.15, 0.2) is 0 Å². The maximum atomic E-state index is 11.4. The summed E-state index contributed by atoms with van der Waals surface area (Å²) in [5.41, 5.74) is 0.164. The van der Waals surface area contributed by atoms with Crippen molar-refractivity contribution in [3.05, 3.63) is 29.8 Å². The van der Waals surface area contributed by atoms with Crippen molar-refractivity contribution >= 4 is 11.9 Å². The molecule has 1 aromatic rings. The molecule has 0 saturated heterocycles. The second kappa shape index (κ2) is 10.7. The first-order valence-electron chi connectivity index (χ1n) is 8.07. The fraction of sp³-hybridized carbons (Fsp3) is 0.556. The summed E-state index contributed by atoms with van der Waals surface area (Å²) in [6.45, 7) is 6.61. The van der Waals surface area contributed by atoms with Gasteiger partial charge in [0.1, 0.15) is 24.6 Å². The lowest BCUT2D eigenvalue weighted by molar-refractivity contribution is -0.160. The van der Waals surface area contributed by atoms with Crippen molar-refractivity contribution in [3.8, 4) is 5.75 Å². The molecule has 0 radical (unpaired) electrons. The van der Waals surface area contributed by atoms with Gasteiger partial charge in [-0.25, -0.2) is 4.79 Å². The quantitative estimate of drug-likeness (QED) is 0.480. The van der Waals surface area contributed by atoms with Crippen molar-refractivity contribution in [3.63, 3.8) is 0 Å². The van der Waals surface area contributed by atoms with Gasteiger partial charge >= 0.3 is 11.9 Å². The molecule has 0 spiro atoms. The minimum absolute atomic E-state index is 0.0390. The molecule has 0 amide bonds. The van der Waals surface area contributed by atoms with Crippen molar-refractivity contribution in [2.75, 3.05) is 33.0 Å². The Morgan fingerprint density at radius 2 is 1.72 bits per heavy atom. The average molecular weight is 354 g/mol. The molecule has 0 unspecified atom stereocenters. The Kier molecular flexibility index (Phi) is 8.94. The molecule has 1 rings (SSSR count). The zero-order chi connectivity index (χ0) is 18.7. The number of carboxylic acid groups (broad SMARTS) is 1. The number of carbonyl (C=O) groups excluding carboxylic acids is 1. The van der Waals surface area contributed by atoms with Gasteiger partial charge < -0.3 is 24.1 Å². The van der Waals surface area contributed by atoms with Gasteiger partial charge in [-0.15, -0.1) is 0 Å². The highest BCUT2D eigenvalue weighted by Crippen LogP contribution is 2.13. The van der Waals surface area contributed by atoms with Crippen molar-refractivity contribution in [1.29, 1.82) is 0 Å². The second-order valence-corrected chi connectivity index (χ2v) is 6.32. The topological polar surface area (TPSA) is 91.3 Å². The van der Waals surface area contributed by atoms with Crippen molar-refractivity contribution in [2.24, 2.45) is 0 Å². The number of esters is 1. The largest absolute Gasteiger partial charge is 0.491 e. The van der Waals surface area contributed by atoms with Crippen molar-refractivity contribution < 1.29 is 33.6 Å². The summed E-state index contributed by atoms with van der Waals surface area (Å²) in [5.74, 6) is -0.688. The Balaban J connectivity index is 2.07. The van der Waals surface area contributed by atoms with Gasteiger partial charge in [0.05, 0.1) is 26.2 Å². The Morgan fingerprint density at radius 3 is 2.40 bits per heavy atom. The zero-order valence-corrected chi connectivity index (χ0v) is 14.9. The van der Waals surface area contributed by atoms with Gasteiger partial charge in [-0.05, 0) is 38.5 Å². The number of carbonyl (C=O) groups is 2. The van der Waals surface area contributed by atoms with Gasteiger partial charge in [-0.2, -0.15) is 0 Å². The van der Waals surface area contributed by atoms with Crippen LogP contribution in [0.2, 0.25) is 0 Å². The van der Waals surface area contributed by atoms with Crippen LogP contribution in [-0.4, -0.2) is 55.7 Å². The van der Waals surface area contributed by atoms with Crippen LogP contribution in [0.1, 0.15) is 26.3 Å². The monoisotopic (exact) mass is 354 g/mol. The Labute approximate surface area is 147 Å². The highest BCUT2D eigenvalue weighted by atomic mass is 16.6. The zero-order valence-electron chi connectivity index (χ0n) is 14.9. The van der Waals surface area contributed by atoms with Crippen LogP contribution < -0.4 is 4.74 Å². The summed E-state index contributed by atoms with van der Waals surface area (Å²) in [6, 6.07) is 6.94. The summed E-state index contributed by atoms with van der Waals surface area (Å²) in [4.78, 5) is 22.1. The Hall–Kier alpha value is -2.12. The van der Waals surface area contributed by atoms with Crippen molar-refractivity contribution in [2.45, 2.75) is 32.8 Å². The number of aliphatic carboxylic acids is 1. The van der Waals surface area contributed by atoms with E-state index >= 15 is 0 Å². The van der Waals surface area contributed by atoms with Gasteiger partial charge in [0.25, 0.3) is 0 Å². The fourth-order valence-electron chi connectivity index (χ4n) is 1.88. The van der Waals surface area contributed by atoms with E-state index in [1.165, 1.54) is 0 Å². The van der Waals surface area contributed by atoms with Gasteiger partial charge in [-0.1, -0.05) is 12.1 Å². The summed E-state index contributed by atoms with van der Waals surface area (Å²) >= 11 is 0. The van der Waals surface area contributed by atoms with Gasteiger partial charge in [-0.3, -0.25) is 4.79 Å². The van der Waals surface area contributed by atoms with Gasteiger partial charge in [0.2, 0.25) is 0 Å². The number of ether oxygens (including phenoxy) is 4. The van der Waals surface area contributed by atoms with Crippen LogP contribution in [0, 0.1) is 0 Å². The van der Waals surface area contributed by atoms with Crippen LogP contribution >= 0.6 is 0 Å². The maximum Gasteiger partial charge on any atom is 0.332 e. The average Bonchev–Trinajstić information content (AvgIpc) is 2.48. The normalized spacial score (nSPS) is 11.2. The lowest BCUT2D eigenvalue weighted by Gasteiger charge is -2.19. The second-order valence-electron chi connectivity index (χ2n) is 6.32. The lowest BCUT2D eigenvalue weighted by atomic mass is 10.1. The smallest absolute Gasteiger partial charge is 0.332 e. The number of hydrogen-bond donors (Lipinski definition) is 1. The van der Waals surface area contributed by atoms with E-state index in [4.69, 9.17) is 24.1 Å². The van der Waals surface area contributed by atoms with E-state index in [9.17, 15) is 9.59 Å². The molecule has 0 aliphatic rings. The number of rotatable bonds is 11. The van der Waals surface area contributed by atoms with E-state index in [0.717, 1.165) is 0 Å². The minimum Gasteiger partial charge on any atom is -0.491 e. The summed E-state index contributed by atoms with van der Waals surface area (Å²) in [5, 5.41) is 8.76. The van der Waals surface area contributed by atoms with E-state index in [0.29, 0.717) is 31.1 Å². The van der Waals surface area contributed by atoms with Crippen LogP contribution in [0.25, 0.3) is 0 Å². The summed E-state index contributed by atoms with van der Waals surface area (Å²) in [6.07, 6.45) is -0.0390. The number of hydrogen-bond acceptors (Lipinski definition) is 6. The van der Waals surface area contributed by atoms with Crippen LogP contribution in [0.15, 0.2) is 24.3 Å². The molecule has 140 valence electrons. The van der Waals surface area contributed by atoms with Crippen LogP contribution in [0.5, 0.6) is 5.75 Å². The molecule has 0 saturated carbocycles. The molecular formula is C18H26O7. The standard InChI is InChI=1S/C18H26O7/c1-18(2,3)25-17(21)13-23-8-7-22-9-10-24-15-6-4-5-14(11-15)12-16(19)20/h4-6,11H,7-10,12-13H2,1-3H3,(H,19,20). The molecule has 7 nitrogen and oxygen atoms in total. The first-order valence-corrected chi connectivity index (χ1v) is 8.07. The molecule has 7 heteroatoms.